The normalized spacial score (nSPS) is 11.6. The molecule has 0 amide bonds. The lowest BCUT2D eigenvalue weighted by molar-refractivity contribution is 1.16. The first-order chi connectivity index (χ1) is 27.2. The fraction of sp³-hybridized carbons (Fsp3) is 0. The number of benzene rings is 8. The molecule has 3 heterocycles. The molecule has 3 aromatic heterocycles. The van der Waals surface area contributed by atoms with E-state index in [-0.39, 0.29) is 0 Å². The van der Waals surface area contributed by atoms with Crippen LogP contribution in [-0.2, 0) is 0 Å². The lowest BCUT2D eigenvalue weighted by Gasteiger charge is -2.17. The van der Waals surface area contributed by atoms with Gasteiger partial charge in [0.1, 0.15) is 6.07 Å². The molecule has 0 spiro atoms. The van der Waals surface area contributed by atoms with Crippen molar-refractivity contribution < 1.29 is 0 Å². The minimum atomic E-state index is 0.519. The van der Waals surface area contributed by atoms with Gasteiger partial charge < -0.3 is 13.7 Å². The highest BCUT2D eigenvalue weighted by Crippen LogP contribution is 2.44. The van der Waals surface area contributed by atoms with Gasteiger partial charge in [-0.1, -0.05) is 121 Å². The summed E-state index contributed by atoms with van der Waals surface area (Å²) in [5.74, 6) is 0. The summed E-state index contributed by atoms with van der Waals surface area (Å²) in [6, 6.07) is 63.5. The predicted molar refractivity (Wildman–Crippen MR) is 226 cm³/mol. The van der Waals surface area contributed by atoms with E-state index in [1.807, 2.05) is 36.4 Å². The van der Waals surface area contributed by atoms with E-state index in [1.165, 1.54) is 32.6 Å². The second kappa shape index (κ2) is 11.8. The molecule has 0 aliphatic rings. The van der Waals surface area contributed by atoms with Gasteiger partial charge in [0.25, 0.3) is 0 Å². The van der Waals surface area contributed by atoms with Crippen molar-refractivity contribution in [3.8, 4) is 34.3 Å². The molecule has 0 saturated heterocycles. The summed E-state index contributed by atoms with van der Waals surface area (Å²) in [5.41, 5.74) is 12.2. The van der Waals surface area contributed by atoms with Crippen LogP contribution in [0.25, 0.3) is 98.5 Å². The number of hydrogen-bond acceptors (Lipinski definition) is 1. The first-order valence-electron chi connectivity index (χ1n) is 18.3. The minimum Gasteiger partial charge on any atom is -0.317 e. The summed E-state index contributed by atoms with van der Waals surface area (Å²) in [6.07, 6.45) is 0. The van der Waals surface area contributed by atoms with Crippen molar-refractivity contribution in [1.29, 1.82) is 5.26 Å². The largest absolute Gasteiger partial charge is 0.317 e. The van der Waals surface area contributed by atoms with Crippen molar-refractivity contribution in [1.82, 2.24) is 13.7 Å². The highest BCUT2D eigenvalue weighted by molar-refractivity contribution is 6.17. The monoisotopic (exact) mass is 699 g/mol. The zero-order chi connectivity index (χ0) is 36.6. The average molecular weight is 700 g/mol. The number of aromatic nitrogens is 3. The number of nitrogens with zero attached hydrogens (tertiary/aromatic N) is 5. The van der Waals surface area contributed by atoms with Crippen LogP contribution in [0.1, 0.15) is 5.56 Å². The van der Waals surface area contributed by atoms with Crippen LogP contribution in [0.15, 0.2) is 176 Å². The molecule has 0 bridgehead atoms. The standard InChI is InChI=1S/C50H29N5/c1-52-41-23-12-21-35(50(41)55-44-26-8-4-19-38(44)39-22-11-15-33(31-51)49(39)55)32-14-10-16-34(30-32)53-45-27-9-5-20-40(45)48-46(53)28-13-29-47(48)54-42-24-6-2-17-36(42)37-18-3-7-25-43(37)54/h2-30H. The number of fused-ring (bicyclic) bond motifs is 9. The lowest BCUT2D eigenvalue weighted by atomic mass is 10.0. The van der Waals surface area contributed by atoms with Crippen LogP contribution in [0.2, 0.25) is 0 Å². The van der Waals surface area contributed by atoms with Gasteiger partial charge in [0.2, 0.25) is 5.69 Å². The van der Waals surface area contributed by atoms with Crippen LogP contribution >= 0.6 is 0 Å². The molecule has 11 aromatic rings. The molecule has 254 valence electrons. The van der Waals surface area contributed by atoms with Crippen LogP contribution in [0.3, 0.4) is 0 Å². The van der Waals surface area contributed by atoms with Crippen LogP contribution in [0.4, 0.5) is 5.69 Å². The number of hydrogen-bond donors (Lipinski definition) is 0. The Labute approximate surface area is 316 Å². The molecule has 0 fully saturated rings. The Hall–Kier alpha value is -7.86. The molecular weight excluding hydrogens is 671 g/mol. The second-order valence-corrected chi connectivity index (χ2v) is 13.9. The third-order valence-corrected chi connectivity index (χ3v) is 11.1. The van der Waals surface area contributed by atoms with Gasteiger partial charge in [-0.05, 0) is 65.7 Å². The molecule has 5 nitrogen and oxygen atoms in total. The van der Waals surface area contributed by atoms with Gasteiger partial charge in [0, 0.05) is 38.0 Å². The SMILES string of the molecule is [C-]#[N+]c1cccc(-c2cccc(-n3c4ccccc4c4c(-n5c6ccccc6c6ccccc65)cccc43)c2)c1-n1c2ccccc2c2cccc(C#N)c21. The molecule has 0 atom stereocenters. The van der Waals surface area contributed by atoms with E-state index in [4.69, 9.17) is 6.57 Å². The summed E-state index contributed by atoms with van der Waals surface area (Å²) in [5, 5.41) is 17.2. The molecule has 55 heavy (non-hydrogen) atoms. The van der Waals surface area contributed by atoms with Gasteiger partial charge in [-0.2, -0.15) is 5.26 Å². The van der Waals surface area contributed by atoms with E-state index in [2.05, 4.69) is 164 Å². The predicted octanol–water partition coefficient (Wildman–Crippen LogP) is 13.1. The first-order valence-corrected chi connectivity index (χ1v) is 18.3. The molecule has 5 heteroatoms. The van der Waals surface area contributed by atoms with E-state index in [9.17, 15) is 5.26 Å². The maximum Gasteiger partial charge on any atom is 0.211 e. The van der Waals surface area contributed by atoms with Crippen molar-refractivity contribution in [2.45, 2.75) is 0 Å². The van der Waals surface area contributed by atoms with Crippen molar-refractivity contribution in [2.24, 2.45) is 0 Å². The maximum atomic E-state index is 10.3. The number of para-hydroxylation sites is 6. The van der Waals surface area contributed by atoms with Gasteiger partial charge in [-0.25, -0.2) is 4.85 Å². The molecule has 0 aliphatic carbocycles. The molecule has 0 unspecified atom stereocenters. The summed E-state index contributed by atoms with van der Waals surface area (Å²) >= 11 is 0. The topological polar surface area (TPSA) is 42.9 Å². The third-order valence-electron chi connectivity index (χ3n) is 11.1. The molecule has 11 rings (SSSR count). The Morgan fingerprint density at radius 1 is 0.473 bits per heavy atom. The molecule has 0 aliphatic heterocycles. The fourth-order valence-electron chi connectivity index (χ4n) is 8.89. The Bertz CT molecular complexity index is 3420. The molecule has 0 radical (unpaired) electrons. The second-order valence-electron chi connectivity index (χ2n) is 13.9. The molecular formula is C50H29N5. The van der Waals surface area contributed by atoms with Gasteiger partial charge in [0.05, 0.1) is 56.6 Å². The summed E-state index contributed by atoms with van der Waals surface area (Å²) < 4.78 is 6.89. The van der Waals surface area contributed by atoms with E-state index in [0.717, 1.165) is 61.0 Å². The van der Waals surface area contributed by atoms with Gasteiger partial charge in [-0.15, -0.1) is 0 Å². The summed E-state index contributed by atoms with van der Waals surface area (Å²) in [4.78, 5) is 4.05. The van der Waals surface area contributed by atoms with E-state index < -0.39 is 0 Å². The summed E-state index contributed by atoms with van der Waals surface area (Å²) in [7, 11) is 0. The highest BCUT2D eigenvalue weighted by Gasteiger charge is 2.23. The van der Waals surface area contributed by atoms with Crippen LogP contribution in [0.5, 0.6) is 0 Å². The zero-order valence-corrected chi connectivity index (χ0v) is 29.5. The van der Waals surface area contributed by atoms with Crippen molar-refractivity contribution in [3.63, 3.8) is 0 Å². The molecule has 0 saturated carbocycles. The van der Waals surface area contributed by atoms with E-state index in [1.54, 1.807) is 0 Å². The first kappa shape index (κ1) is 30.7. The summed E-state index contributed by atoms with van der Waals surface area (Å²) in [6.45, 7) is 8.32. The quantitative estimate of drug-likeness (QED) is 0.169. The highest BCUT2D eigenvalue weighted by atomic mass is 15.0. The fourth-order valence-corrected chi connectivity index (χ4v) is 8.89. The van der Waals surface area contributed by atoms with Crippen LogP contribution < -0.4 is 0 Å². The van der Waals surface area contributed by atoms with Gasteiger partial charge >= 0.3 is 0 Å². The Balaban J connectivity index is 1.18. The van der Waals surface area contributed by atoms with Gasteiger partial charge in [-0.3, -0.25) is 0 Å². The third kappa shape index (κ3) is 4.33. The lowest BCUT2D eigenvalue weighted by Crippen LogP contribution is -2.00. The molecule has 0 N–H and O–H groups in total. The van der Waals surface area contributed by atoms with Crippen molar-refractivity contribution in [2.75, 3.05) is 0 Å². The van der Waals surface area contributed by atoms with Gasteiger partial charge in [0.15, 0.2) is 0 Å². The average Bonchev–Trinajstić information content (AvgIpc) is 3.89. The Morgan fingerprint density at radius 3 is 1.71 bits per heavy atom. The van der Waals surface area contributed by atoms with E-state index >= 15 is 0 Å². The minimum absolute atomic E-state index is 0.519. The Morgan fingerprint density at radius 2 is 1.02 bits per heavy atom. The molecule has 8 aromatic carbocycles. The number of nitriles is 1. The smallest absolute Gasteiger partial charge is 0.211 e. The van der Waals surface area contributed by atoms with Crippen molar-refractivity contribution in [3.05, 3.63) is 193 Å². The number of rotatable bonds is 4. The Kier molecular flexibility index (Phi) is 6.61. The van der Waals surface area contributed by atoms with E-state index in [0.29, 0.717) is 11.3 Å². The van der Waals surface area contributed by atoms with Crippen LogP contribution in [0, 0.1) is 17.9 Å². The van der Waals surface area contributed by atoms with Crippen molar-refractivity contribution >= 4 is 71.1 Å². The maximum absolute atomic E-state index is 10.3. The zero-order valence-electron chi connectivity index (χ0n) is 29.5. The van der Waals surface area contributed by atoms with Crippen LogP contribution in [-0.4, -0.2) is 13.7 Å².